The summed E-state index contributed by atoms with van der Waals surface area (Å²) >= 11 is 8.47. The van der Waals surface area contributed by atoms with Crippen molar-refractivity contribution in [2.45, 2.75) is 25.9 Å². The number of rotatable bonds is 7. The smallest absolute Gasteiger partial charge is 0.0834 e. The summed E-state index contributed by atoms with van der Waals surface area (Å²) in [7, 11) is 4.17. The van der Waals surface area contributed by atoms with Crippen molar-refractivity contribution >= 4 is 23.4 Å². The van der Waals surface area contributed by atoms with Crippen LogP contribution < -0.4 is 5.32 Å². The fourth-order valence-electron chi connectivity index (χ4n) is 2.68. The van der Waals surface area contributed by atoms with Crippen molar-refractivity contribution in [2.24, 2.45) is 5.92 Å². The van der Waals surface area contributed by atoms with E-state index in [9.17, 15) is 0 Å². The lowest BCUT2D eigenvalue weighted by molar-refractivity contribution is 0.341. The fraction of sp³-hybridized carbons (Fsp3) is 0.786. The third-order valence-electron chi connectivity index (χ3n) is 3.75. The quantitative estimate of drug-likeness (QED) is 0.838. The molecule has 2 unspecified atom stereocenters. The molecule has 1 aliphatic rings. The summed E-state index contributed by atoms with van der Waals surface area (Å²) in [6, 6.07) is 0.326. The van der Waals surface area contributed by atoms with E-state index in [4.69, 9.17) is 11.6 Å². The van der Waals surface area contributed by atoms with Crippen LogP contribution in [0.2, 0.25) is 5.02 Å². The molecule has 1 aromatic heterocycles. The first-order chi connectivity index (χ1) is 9.63. The van der Waals surface area contributed by atoms with Crippen molar-refractivity contribution in [1.29, 1.82) is 0 Å². The molecule has 0 bridgehead atoms. The number of likely N-dealkylation sites (N-methyl/N-ethyl adjacent to an activating group) is 1. The van der Waals surface area contributed by atoms with Gasteiger partial charge in [-0.1, -0.05) is 18.5 Å². The first-order valence-corrected chi connectivity index (χ1v) is 8.83. The molecule has 0 radical (unpaired) electrons. The molecule has 0 amide bonds. The standard InChI is InChI=1S/C14H25ClN4S/c1-4-16-13(11-5-8-20-10-11)14-12(15)9-17-19(14)7-6-18(2)3/h9,11,13,16H,4-8,10H2,1-3H3. The Kier molecular flexibility index (Phi) is 6.20. The summed E-state index contributed by atoms with van der Waals surface area (Å²) in [5.74, 6) is 3.13. The Bertz CT molecular complexity index is 415. The maximum Gasteiger partial charge on any atom is 0.0834 e. The molecule has 114 valence electrons. The minimum Gasteiger partial charge on any atom is -0.309 e. The van der Waals surface area contributed by atoms with Crippen LogP contribution in [0.25, 0.3) is 0 Å². The molecule has 0 aromatic carbocycles. The second-order valence-corrected chi connectivity index (χ2v) is 7.12. The van der Waals surface area contributed by atoms with Gasteiger partial charge in [-0.2, -0.15) is 16.9 Å². The van der Waals surface area contributed by atoms with E-state index in [0.717, 1.165) is 24.7 Å². The summed E-state index contributed by atoms with van der Waals surface area (Å²) in [5.41, 5.74) is 1.17. The fourth-order valence-corrected chi connectivity index (χ4v) is 4.23. The molecule has 1 N–H and O–H groups in total. The summed E-state index contributed by atoms with van der Waals surface area (Å²) in [4.78, 5) is 2.17. The normalized spacial score (nSPS) is 20.8. The van der Waals surface area contributed by atoms with Crippen LogP contribution in [0.3, 0.4) is 0 Å². The van der Waals surface area contributed by atoms with Gasteiger partial charge in [0.1, 0.15) is 0 Å². The number of aromatic nitrogens is 2. The lowest BCUT2D eigenvalue weighted by Crippen LogP contribution is -2.31. The van der Waals surface area contributed by atoms with E-state index in [1.807, 2.05) is 11.8 Å². The van der Waals surface area contributed by atoms with Crippen molar-refractivity contribution in [3.63, 3.8) is 0 Å². The molecule has 1 aromatic rings. The molecular weight excluding hydrogens is 292 g/mol. The number of thioether (sulfide) groups is 1. The highest BCUT2D eigenvalue weighted by molar-refractivity contribution is 7.99. The average molecular weight is 317 g/mol. The van der Waals surface area contributed by atoms with Gasteiger partial charge in [0.25, 0.3) is 0 Å². The number of halogens is 1. The van der Waals surface area contributed by atoms with Crippen LogP contribution in [0, 0.1) is 5.92 Å². The first-order valence-electron chi connectivity index (χ1n) is 7.30. The van der Waals surface area contributed by atoms with E-state index in [-0.39, 0.29) is 0 Å². The van der Waals surface area contributed by atoms with Gasteiger partial charge in [-0.05, 0) is 44.5 Å². The molecule has 0 aliphatic carbocycles. The van der Waals surface area contributed by atoms with Gasteiger partial charge >= 0.3 is 0 Å². The van der Waals surface area contributed by atoms with Crippen LogP contribution in [0.15, 0.2) is 6.20 Å². The lowest BCUT2D eigenvalue weighted by Gasteiger charge is -2.25. The molecule has 1 aliphatic heterocycles. The highest BCUT2D eigenvalue weighted by Gasteiger charge is 2.30. The SMILES string of the molecule is CCNC(c1c(Cl)cnn1CCN(C)C)C1CCSC1. The van der Waals surface area contributed by atoms with Gasteiger partial charge in [0.05, 0.1) is 29.5 Å². The molecule has 6 heteroatoms. The summed E-state index contributed by atoms with van der Waals surface area (Å²) in [6.07, 6.45) is 3.05. The Morgan fingerprint density at radius 3 is 3.00 bits per heavy atom. The molecule has 1 fully saturated rings. The Morgan fingerprint density at radius 1 is 1.60 bits per heavy atom. The third kappa shape index (κ3) is 3.91. The molecular formula is C14H25ClN4S. The van der Waals surface area contributed by atoms with E-state index < -0.39 is 0 Å². The Balaban J connectivity index is 2.19. The van der Waals surface area contributed by atoms with Crippen LogP contribution in [0.1, 0.15) is 25.1 Å². The summed E-state index contributed by atoms with van der Waals surface area (Å²) in [5, 5.41) is 8.89. The van der Waals surface area contributed by atoms with Crippen molar-refractivity contribution in [2.75, 3.05) is 38.7 Å². The van der Waals surface area contributed by atoms with Crippen LogP contribution in [0.4, 0.5) is 0 Å². The van der Waals surface area contributed by atoms with Crippen LogP contribution in [-0.4, -0.2) is 53.4 Å². The highest BCUT2D eigenvalue weighted by Crippen LogP contribution is 2.36. The number of nitrogens with one attached hydrogen (secondary N) is 1. The topological polar surface area (TPSA) is 33.1 Å². The van der Waals surface area contributed by atoms with Gasteiger partial charge in [0.2, 0.25) is 0 Å². The largest absolute Gasteiger partial charge is 0.309 e. The van der Waals surface area contributed by atoms with E-state index in [1.165, 1.54) is 23.6 Å². The minimum atomic E-state index is 0.326. The van der Waals surface area contributed by atoms with Crippen molar-refractivity contribution in [3.8, 4) is 0 Å². The predicted molar refractivity (Wildman–Crippen MR) is 87.6 cm³/mol. The zero-order chi connectivity index (χ0) is 14.5. The maximum absolute atomic E-state index is 6.43. The second kappa shape index (κ2) is 7.69. The molecule has 4 nitrogen and oxygen atoms in total. The minimum absolute atomic E-state index is 0.326. The van der Waals surface area contributed by atoms with E-state index >= 15 is 0 Å². The molecule has 0 saturated carbocycles. The van der Waals surface area contributed by atoms with E-state index in [0.29, 0.717) is 12.0 Å². The lowest BCUT2D eigenvalue weighted by atomic mass is 9.96. The monoisotopic (exact) mass is 316 g/mol. The summed E-state index contributed by atoms with van der Waals surface area (Å²) in [6.45, 7) is 4.98. The van der Waals surface area contributed by atoms with Crippen LogP contribution in [-0.2, 0) is 6.54 Å². The molecule has 2 atom stereocenters. The molecule has 1 saturated heterocycles. The Labute approximate surface area is 131 Å². The van der Waals surface area contributed by atoms with Gasteiger partial charge in [-0.3, -0.25) is 4.68 Å². The van der Waals surface area contributed by atoms with Crippen LogP contribution >= 0.6 is 23.4 Å². The highest BCUT2D eigenvalue weighted by atomic mass is 35.5. The molecule has 0 spiro atoms. The van der Waals surface area contributed by atoms with Gasteiger partial charge in [-0.25, -0.2) is 0 Å². The number of hydrogen-bond acceptors (Lipinski definition) is 4. The first kappa shape index (κ1) is 16.1. The van der Waals surface area contributed by atoms with Crippen molar-refractivity contribution in [1.82, 2.24) is 20.0 Å². The molecule has 2 heterocycles. The Hall–Kier alpha value is -0.230. The van der Waals surface area contributed by atoms with Gasteiger partial charge < -0.3 is 10.2 Å². The summed E-state index contributed by atoms with van der Waals surface area (Å²) < 4.78 is 2.08. The second-order valence-electron chi connectivity index (χ2n) is 5.56. The molecule has 20 heavy (non-hydrogen) atoms. The average Bonchev–Trinajstić information content (AvgIpc) is 3.04. The number of hydrogen-bond donors (Lipinski definition) is 1. The third-order valence-corrected chi connectivity index (χ3v) is 5.23. The zero-order valence-electron chi connectivity index (χ0n) is 12.6. The van der Waals surface area contributed by atoms with Gasteiger partial charge in [-0.15, -0.1) is 0 Å². The van der Waals surface area contributed by atoms with E-state index in [2.05, 4.69) is 41.0 Å². The van der Waals surface area contributed by atoms with Gasteiger partial charge in [0, 0.05) is 6.54 Å². The zero-order valence-corrected chi connectivity index (χ0v) is 14.2. The molecule has 2 rings (SSSR count). The predicted octanol–water partition coefficient (Wildman–Crippen LogP) is 2.50. The number of nitrogens with zero attached hydrogens (tertiary/aromatic N) is 3. The maximum atomic E-state index is 6.43. The Morgan fingerprint density at radius 2 is 2.40 bits per heavy atom. The van der Waals surface area contributed by atoms with E-state index in [1.54, 1.807) is 6.20 Å². The van der Waals surface area contributed by atoms with Gasteiger partial charge in [0.15, 0.2) is 0 Å². The van der Waals surface area contributed by atoms with Crippen molar-refractivity contribution in [3.05, 3.63) is 16.9 Å². The van der Waals surface area contributed by atoms with Crippen LogP contribution in [0.5, 0.6) is 0 Å². The van der Waals surface area contributed by atoms with Crippen molar-refractivity contribution < 1.29 is 0 Å².